The fourth-order valence-corrected chi connectivity index (χ4v) is 1.31. The van der Waals surface area contributed by atoms with Crippen molar-refractivity contribution in [1.82, 2.24) is 0 Å². The maximum atomic E-state index is 4.25. The Kier molecular flexibility index (Phi) is 2.51. The van der Waals surface area contributed by atoms with Crippen LogP contribution in [0.4, 0.5) is 0 Å². The van der Waals surface area contributed by atoms with Crippen LogP contribution in [-0.2, 0) is 0 Å². The van der Waals surface area contributed by atoms with Crippen LogP contribution in [-0.4, -0.2) is 6.21 Å². The highest BCUT2D eigenvalue weighted by atomic mass is 14.7. The third-order valence-electron chi connectivity index (χ3n) is 2.58. The zero-order chi connectivity index (χ0) is 9.19. The first-order valence-corrected chi connectivity index (χ1v) is 4.46. The lowest BCUT2D eigenvalue weighted by atomic mass is 9.78. The summed E-state index contributed by atoms with van der Waals surface area (Å²) in [5, 5.41) is 0. The summed E-state index contributed by atoms with van der Waals surface area (Å²) in [7, 11) is 0. The van der Waals surface area contributed by atoms with Gasteiger partial charge in [0, 0.05) is 17.3 Å². The fraction of sp³-hybridized carbons (Fsp3) is 0.545. The summed E-state index contributed by atoms with van der Waals surface area (Å²) in [6.07, 6.45) is 8.35. The zero-order valence-corrected chi connectivity index (χ0v) is 8.33. The summed E-state index contributed by atoms with van der Waals surface area (Å²) in [6, 6.07) is 0. The van der Waals surface area contributed by atoms with E-state index in [1.54, 1.807) is 0 Å². The van der Waals surface area contributed by atoms with Crippen LogP contribution in [0.3, 0.4) is 0 Å². The van der Waals surface area contributed by atoms with Crippen LogP contribution in [0.15, 0.2) is 28.9 Å². The Morgan fingerprint density at radius 3 is 2.67 bits per heavy atom. The molecule has 0 amide bonds. The highest BCUT2D eigenvalue weighted by molar-refractivity contribution is 5.73. The predicted molar refractivity (Wildman–Crippen MR) is 54.3 cm³/mol. The van der Waals surface area contributed by atoms with E-state index >= 15 is 0 Å². The van der Waals surface area contributed by atoms with Crippen LogP contribution in [0.25, 0.3) is 0 Å². The van der Waals surface area contributed by atoms with Gasteiger partial charge in [-0.3, -0.25) is 4.99 Å². The third-order valence-corrected chi connectivity index (χ3v) is 2.58. The van der Waals surface area contributed by atoms with Crippen molar-refractivity contribution in [3.63, 3.8) is 0 Å². The molecule has 0 saturated carbocycles. The molecule has 66 valence electrons. The van der Waals surface area contributed by atoms with Crippen molar-refractivity contribution in [1.29, 1.82) is 0 Å². The number of nitrogens with zero attached hydrogens (tertiary/aromatic N) is 1. The molecule has 0 radical (unpaired) electrons. The van der Waals surface area contributed by atoms with Crippen molar-refractivity contribution in [3.8, 4) is 0 Å². The summed E-state index contributed by atoms with van der Waals surface area (Å²) in [6.45, 7) is 8.76. The summed E-state index contributed by atoms with van der Waals surface area (Å²) in [5.41, 5.74) is 1.27. The highest BCUT2D eigenvalue weighted by Gasteiger charge is 2.23. The Hall–Kier alpha value is -0.850. The van der Waals surface area contributed by atoms with Gasteiger partial charge in [0.2, 0.25) is 0 Å². The van der Waals surface area contributed by atoms with Gasteiger partial charge in [0.15, 0.2) is 0 Å². The number of allylic oxidation sites excluding steroid dienone is 4. The van der Waals surface area contributed by atoms with E-state index < -0.39 is 0 Å². The van der Waals surface area contributed by atoms with Crippen molar-refractivity contribution in [2.75, 3.05) is 0 Å². The van der Waals surface area contributed by atoms with Gasteiger partial charge in [-0.2, -0.15) is 0 Å². The van der Waals surface area contributed by atoms with Crippen LogP contribution in [0.5, 0.6) is 0 Å². The fourth-order valence-electron chi connectivity index (χ4n) is 1.31. The van der Waals surface area contributed by atoms with Gasteiger partial charge < -0.3 is 0 Å². The van der Waals surface area contributed by atoms with Crippen molar-refractivity contribution in [2.45, 2.75) is 27.7 Å². The molecule has 0 fully saturated rings. The number of aliphatic imine (C=N–C) groups is 1. The monoisotopic (exact) mass is 163 g/mol. The predicted octanol–water partition coefficient (Wildman–Crippen LogP) is 3.19. The van der Waals surface area contributed by atoms with Crippen LogP contribution < -0.4 is 0 Å². The van der Waals surface area contributed by atoms with E-state index in [4.69, 9.17) is 0 Å². The Bertz CT molecular complexity index is 246. The largest absolute Gasteiger partial charge is 0.262 e. The van der Waals surface area contributed by atoms with E-state index in [1.807, 2.05) is 19.2 Å². The van der Waals surface area contributed by atoms with Gasteiger partial charge in [0.05, 0.1) is 0 Å². The van der Waals surface area contributed by atoms with Gasteiger partial charge in [0.1, 0.15) is 0 Å². The molecule has 1 aliphatic rings. The minimum Gasteiger partial charge on any atom is -0.262 e. The molecule has 12 heavy (non-hydrogen) atoms. The SMILES string of the molecule is CC1=CC(C)(C(C)C)C=CC=N1. The minimum absolute atomic E-state index is 0.167. The lowest BCUT2D eigenvalue weighted by Gasteiger charge is -2.26. The van der Waals surface area contributed by atoms with Gasteiger partial charge in [-0.15, -0.1) is 0 Å². The Morgan fingerprint density at radius 2 is 2.08 bits per heavy atom. The molecule has 0 aromatic rings. The summed E-state index contributed by atoms with van der Waals surface area (Å²) in [4.78, 5) is 4.25. The molecule has 0 N–H and O–H groups in total. The molecule has 1 rings (SSSR count). The van der Waals surface area contributed by atoms with Crippen LogP contribution in [0, 0.1) is 11.3 Å². The maximum Gasteiger partial charge on any atom is 0.0341 e. The van der Waals surface area contributed by atoms with Crippen LogP contribution >= 0.6 is 0 Å². The van der Waals surface area contributed by atoms with Gasteiger partial charge in [-0.05, 0) is 18.9 Å². The lowest BCUT2D eigenvalue weighted by Crippen LogP contribution is -2.17. The first-order chi connectivity index (χ1) is 5.54. The summed E-state index contributed by atoms with van der Waals surface area (Å²) >= 11 is 0. The minimum atomic E-state index is 0.167. The number of rotatable bonds is 1. The molecule has 0 saturated heterocycles. The maximum absolute atomic E-state index is 4.25. The molecular weight excluding hydrogens is 146 g/mol. The van der Waals surface area contributed by atoms with Crippen molar-refractivity contribution < 1.29 is 0 Å². The molecule has 0 spiro atoms. The highest BCUT2D eigenvalue weighted by Crippen LogP contribution is 2.32. The second-order valence-electron chi connectivity index (χ2n) is 3.94. The molecule has 1 aliphatic heterocycles. The van der Waals surface area contributed by atoms with E-state index in [2.05, 4.69) is 37.9 Å². The first-order valence-electron chi connectivity index (χ1n) is 4.46. The Balaban J connectivity index is 2.99. The van der Waals surface area contributed by atoms with Gasteiger partial charge >= 0.3 is 0 Å². The molecule has 1 nitrogen and oxygen atoms in total. The van der Waals surface area contributed by atoms with Crippen LogP contribution in [0.2, 0.25) is 0 Å². The summed E-state index contributed by atoms with van der Waals surface area (Å²) < 4.78 is 0. The van der Waals surface area contributed by atoms with E-state index in [0.29, 0.717) is 5.92 Å². The summed E-state index contributed by atoms with van der Waals surface area (Å²) in [5.74, 6) is 0.616. The molecule has 1 unspecified atom stereocenters. The second-order valence-corrected chi connectivity index (χ2v) is 3.94. The molecule has 1 atom stereocenters. The molecular formula is C11H17N. The Labute approximate surface area is 74.9 Å². The third kappa shape index (κ3) is 1.84. The van der Waals surface area contributed by atoms with Gasteiger partial charge in [-0.1, -0.05) is 32.9 Å². The number of hydrogen-bond donors (Lipinski definition) is 0. The second kappa shape index (κ2) is 3.26. The number of hydrogen-bond acceptors (Lipinski definition) is 1. The van der Waals surface area contributed by atoms with Crippen molar-refractivity contribution in [2.24, 2.45) is 16.3 Å². The van der Waals surface area contributed by atoms with Gasteiger partial charge in [0.25, 0.3) is 0 Å². The topological polar surface area (TPSA) is 12.4 Å². The van der Waals surface area contributed by atoms with E-state index in [-0.39, 0.29) is 5.41 Å². The smallest absolute Gasteiger partial charge is 0.0341 e. The van der Waals surface area contributed by atoms with Gasteiger partial charge in [-0.25, -0.2) is 0 Å². The molecule has 1 heteroatoms. The lowest BCUT2D eigenvalue weighted by molar-refractivity contribution is 0.381. The van der Waals surface area contributed by atoms with E-state index in [1.165, 1.54) is 0 Å². The average Bonchev–Trinajstić information content (AvgIpc) is 2.12. The molecule has 1 heterocycles. The average molecular weight is 163 g/mol. The first kappa shape index (κ1) is 9.24. The molecule has 0 bridgehead atoms. The molecule has 0 aromatic heterocycles. The normalized spacial score (nSPS) is 28.9. The Morgan fingerprint density at radius 1 is 1.42 bits per heavy atom. The van der Waals surface area contributed by atoms with Crippen molar-refractivity contribution >= 4 is 6.21 Å². The zero-order valence-electron chi connectivity index (χ0n) is 8.33. The molecule has 0 aromatic carbocycles. The van der Waals surface area contributed by atoms with E-state index in [0.717, 1.165) is 5.70 Å². The van der Waals surface area contributed by atoms with Crippen molar-refractivity contribution in [3.05, 3.63) is 23.9 Å². The molecule has 0 aliphatic carbocycles. The van der Waals surface area contributed by atoms with Crippen LogP contribution in [0.1, 0.15) is 27.7 Å². The quantitative estimate of drug-likeness (QED) is 0.563. The standard InChI is InChI=1S/C11H17N/c1-9(2)11(4)6-5-7-12-10(3)8-11/h5-9H,1-4H3. The van der Waals surface area contributed by atoms with E-state index in [9.17, 15) is 0 Å².